The summed E-state index contributed by atoms with van der Waals surface area (Å²) < 4.78 is 12.5. The van der Waals surface area contributed by atoms with Crippen LogP contribution in [0.2, 0.25) is 0 Å². The molecule has 2 rings (SSSR count). The highest BCUT2D eigenvalue weighted by molar-refractivity contribution is 7.11. The highest BCUT2D eigenvalue weighted by Gasteiger charge is 2.13. The van der Waals surface area contributed by atoms with Gasteiger partial charge in [0, 0.05) is 22.8 Å². The van der Waals surface area contributed by atoms with Crippen molar-refractivity contribution < 1.29 is 26.6 Å². The van der Waals surface area contributed by atoms with Crippen LogP contribution in [0.1, 0.15) is 15.6 Å². The van der Waals surface area contributed by atoms with Crippen LogP contribution >= 0.6 is 11.3 Å². The fourth-order valence-electron chi connectivity index (χ4n) is 1.93. The summed E-state index contributed by atoms with van der Waals surface area (Å²) in [6.07, 6.45) is 5.90. The Hall–Kier alpha value is -1.85. The van der Waals surface area contributed by atoms with E-state index in [1.165, 1.54) is 0 Å². The molecule has 1 aromatic heterocycles. The number of ether oxygens (including phenoxy) is 2. The summed E-state index contributed by atoms with van der Waals surface area (Å²) in [6, 6.07) is 5.76. The van der Waals surface area contributed by atoms with E-state index in [4.69, 9.17) is 9.47 Å². The molecule has 0 amide bonds. The Morgan fingerprint density at radius 3 is 2.68 bits per heavy atom. The lowest BCUT2D eigenvalue weighted by molar-refractivity contribution is -0.741. The molecule has 0 spiro atoms. The Bertz CT molecular complexity index is 668. The van der Waals surface area contributed by atoms with Crippen LogP contribution in [0.4, 0.5) is 0 Å². The van der Waals surface area contributed by atoms with Gasteiger partial charge >= 0.3 is 0 Å². The Morgan fingerprint density at radius 1 is 1.27 bits per heavy atom. The van der Waals surface area contributed by atoms with E-state index < -0.39 is 0 Å². The molecule has 0 saturated carbocycles. The van der Waals surface area contributed by atoms with Gasteiger partial charge in [0.05, 0.1) is 14.2 Å². The zero-order valence-electron chi connectivity index (χ0n) is 12.9. The van der Waals surface area contributed by atoms with Crippen LogP contribution in [0.3, 0.4) is 0 Å². The number of nitrogens with zero attached hydrogens (tertiary/aromatic N) is 2. The van der Waals surface area contributed by atoms with Crippen molar-refractivity contribution in [2.45, 2.75) is 13.5 Å². The molecular weight excluding hydrogens is 320 g/mol. The maximum Gasteiger partial charge on any atom is 0.289 e. The van der Waals surface area contributed by atoms with Gasteiger partial charge in [0.25, 0.3) is 5.01 Å². The lowest BCUT2D eigenvalue weighted by Gasteiger charge is -2.06. The molecule has 118 valence electrons. The van der Waals surface area contributed by atoms with E-state index in [0.29, 0.717) is 6.54 Å². The van der Waals surface area contributed by atoms with E-state index in [2.05, 4.69) is 11.7 Å². The molecule has 0 radical (unpaired) electrons. The van der Waals surface area contributed by atoms with Crippen LogP contribution in [0.5, 0.6) is 11.5 Å². The SMILES string of the molecule is C=CC[n+]1nc(C)sc1C=Cc1ccc(OC)cc1OC.[Cl-]. The fraction of sp³-hybridized carbons (Fsp3) is 0.250. The van der Waals surface area contributed by atoms with Crippen molar-refractivity contribution in [3.05, 3.63) is 46.4 Å². The lowest BCUT2D eigenvalue weighted by atomic mass is 10.2. The van der Waals surface area contributed by atoms with Crippen LogP contribution in [-0.2, 0) is 6.54 Å². The van der Waals surface area contributed by atoms with Crippen LogP contribution in [0.25, 0.3) is 12.2 Å². The summed E-state index contributed by atoms with van der Waals surface area (Å²) in [5.41, 5.74) is 0.995. The van der Waals surface area contributed by atoms with Crippen molar-refractivity contribution in [3.63, 3.8) is 0 Å². The second kappa shape index (κ2) is 8.56. The number of rotatable bonds is 6. The number of aromatic nitrogens is 2. The third-order valence-electron chi connectivity index (χ3n) is 2.92. The van der Waals surface area contributed by atoms with Crippen LogP contribution in [0.15, 0.2) is 30.9 Å². The molecule has 22 heavy (non-hydrogen) atoms. The number of hydrogen-bond donors (Lipinski definition) is 0. The van der Waals surface area contributed by atoms with E-state index in [-0.39, 0.29) is 12.4 Å². The van der Waals surface area contributed by atoms with Gasteiger partial charge in [-0.05, 0) is 42.5 Å². The number of methoxy groups -OCH3 is 2. The first-order chi connectivity index (χ1) is 10.2. The maximum atomic E-state index is 5.39. The van der Waals surface area contributed by atoms with Crippen molar-refractivity contribution >= 4 is 23.5 Å². The quantitative estimate of drug-likeness (QED) is 0.554. The number of allylic oxidation sites excluding steroid dienone is 1. The predicted molar refractivity (Wildman–Crippen MR) is 85.7 cm³/mol. The normalized spacial score (nSPS) is 10.3. The average Bonchev–Trinajstić information content (AvgIpc) is 2.85. The van der Waals surface area contributed by atoms with E-state index in [9.17, 15) is 0 Å². The van der Waals surface area contributed by atoms with E-state index in [0.717, 1.165) is 27.1 Å². The molecule has 0 saturated heterocycles. The minimum atomic E-state index is 0. The van der Waals surface area contributed by atoms with Crippen molar-refractivity contribution in [3.8, 4) is 11.5 Å². The minimum Gasteiger partial charge on any atom is -1.00 e. The number of hydrogen-bond acceptors (Lipinski definition) is 4. The van der Waals surface area contributed by atoms with Crippen molar-refractivity contribution in [1.82, 2.24) is 5.10 Å². The van der Waals surface area contributed by atoms with Gasteiger partial charge in [-0.2, -0.15) is 0 Å². The predicted octanol–water partition coefficient (Wildman–Crippen LogP) is 0.117. The molecule has 4 nitrogen and oxygen atoms in total. The number of aryl methyl sites for hydroxylation is 1. The first kappa shape index (κ1) is 18.2. The van der Waals surface area contributed by atoms with E-state index in [1.807, 2.05) is 48.0 Å². The summed E-state index contributed by atoms with van der Waals surface area (Å²) in [5, 5.41) is 6.54. The minimum absolute atomic E-state index is 0. The largest absolute Gasteiger partial charge is 1.00 e. The Kier molecular flexibility index (Phi) is 7.08. The summed E-state index contributed by atoms with van der Waals surface area (Å²) in [4.78, 5) is 0. The third kappa shape index (κ3) is 4.32. The van der Waals surface area contributed by atoms with Crippen molar-refractivity contribution in [2.75, 3.05) is 14.2 Å². The topological polar surface area (TPSA) is 35.2 Å². The first-order valence-corrected chi connectivity index (χ1v) is 7.38. The molecule has 0 atom stereocenters. The van der Waals surface area contributed by atoms with Gasteiger partial charge in [0.15, 0.2) is 11.6 Å². The van der Waals surface area contributed by atoms with Gasteiger partial charge in [0.1, 0.15) is 11.5 Å². The van der Waals surface area contributed by atoms with Gasteiger partial charge in [-0.1, -0.05) is 11.3 Å². The first-order valence-electron chi connectivity index (χ1n) is 6.56. The molecule has 1 heterocycles. The lowest BCUT2D eigenvalue weighted by Crippen LogP contribution is -3.00. The molecule has 0 unspecified atom stereocenters. The van der Waals surface area contributed by atoms with E-state index >= 15 is 0 Å². The van der Waals surface area contributed by atoms with Crippen LogP contribution in [0, 0.1) is 6.92 Å². The molecule has 0 aliphatic rings. The summed E-state index contributed by atoms with van der Waals surface area (Å²) in [7, 11) is 3.30. The molecule has 2 aromatic rings. The van der Waals surface area contributed by atoms with Gasteiger partial charge < -0.3 is 21.9 Å². The molecular formula is C16H19ClN2O2S. The third-order valence-corrected chi connectivity index (χ3v) is 3.85. The van der Waals surface area contributed by atoms with Gasteiger partial charge in [-0.15, -0.1) is 0 Å². The zero-order chi connectivity index (χ0) is 15.2. The second-order valence-corrected chi connectivity index (χ2v) is 5.58. The highest BCUT2D eigenvalue weighted by atomic mass is 35.5. The average molecular weight is 339 g/mol. The van der Waals surface area contributed by atoms with Crippen molar-refractivity contribution in [1.29, 1.82) is 0 Å². The Labute approximate surface area is 141 Å². The molecule has 0 aliphatic carbocycles. The fourth-order valence-corrected chi connectivity index (χ4v) is 2.73. The van der Waals surface area contributed by atoms with E-state index in [1.54, 1.807) is 25.6 Å². The van der Waals surface area contributed by atoms with Gasteiger partial charge in [-0.3, -0.25) is 0 Å². The summed E-state index contributed by atoms with van der Waals surface area (Å²) >= 11 is 1.65. The Balaban J connectivity index is 0.00000242. The summed E-state index contributed by atoms with van der Waals surface area (Å²) in [6.45, 7) is 6.45. The number of halogens is 1. The highest BCUT2D eigenvalue weighted by Crippen LogP contribution is 2.26. The maximum absolute atomic E-state index is 5.39. The molecule has 0 bridgehead atoms. The van der Waals surface area contributed by atoms with Crippen molar-refractivity contribution in [2.24, 2.45) is 0 Å². The summed E-state index contributed by atoms with van der Waals surface area (Å²) in [5.74, 6) is 1.56. The monoisotopic (exact) mass is 338 g/mol. The molecule has 0 aliphatic heterocycles. The van der Waals surface area contributed by atoms with Gasteiger partial charge in [0.2, 0.25) is 0 Å². The zero-order valence-corrected chi connectivity index (χ0v) is 14.4. The number of benzene rings is 1. The molecule has 1 aromatic carbocycles. The molecule has 6 heteroatoms. The standard InChI is InChI=1S/C16H19N2O2S.ClH/c1-5-10-18-16(21-12(2)17-18)9-7-13-6-8-14(19-3)11-15(13)20-4;/h5-9,11H,1,10H2,2-4H3;1H/q+1;/p-1. The van der Waals surface area contributed by atoms with Crippen LogP contribution in [-0.4, -0.2) is 19.3 Å². The smallest absolute Gasteiger partial charge is 0.289 e. The van der Waals surface area contributed by atoms with Gasteiger partial charge in [-0.25, -0.2) is 0 Å². The molecule has 0 fully saturated rings. The molecule has 0 N–H and O–H groups in total. The Morgan fingerprint density at radius 2 is 2.05 bits per heavy atom. The second-order valence-electron chi connectivity index (χ2n) is 4.37. The van der Waals surface area contributed by atoms with Crippen LogP contribution < -0.4 is 26.6 Å².